The average molecular weight is 115 g/mol. The Morgan fingerprint density at radius 2 is 2.75 bits per heavy atom. The molecule has 1 heterocycles. The Hall–Kier alpha value is -0.540. The molecule has 1 atom stereocenters. The summed E-state index contributed by atoms with van der Waals surface area (Å²) in [5.74, 6) is 0.595. The van der Waals surface area contributed by atoms with Crippen molar-refractivity contribution in [2.75, 3.05) is 6.61 Å². The van der Waals surface area contributed by atoms with Gasteiger partial charge in [0.2, 0.25) is 0 Å². The number of rotatable bonds is 1. The Morgan fingerprint density at radius 1 is 2.00 bits per heavy atom. The molecule has 46 valence electrons. The summed E-state index contributed by atoms with van der Waals surface area (Å²) in [6, 6.07) is 0. The van der Waals surface area contributed by atoms with E-state index >= 15 is 0 Å². The zero-order valence-corrected chi connectivity index (χ0v) is 4.50. The molecule has 3 heteroatoms. The maximum absolute atomic E-state index is 8.43. The van der Waals surface area contributed by atoms with Crippen molar-refractivity contribution in [3.05, 3.63) is 11.8 Å². The van der Waals surface area contributed by atoms with Gasteiger partial charge >= 0.3 is 0 Å². The highest BCUT2D eigenvalue weighted by atomic mass is 16.5. The van der Waals surface area contributed by atoms with E-state index in [1.165, 1.54) is 0 Å². The lowest BCUT2D eigenvalue weighted by atomic mass is 10.4. The van der Waals surface area contributed by atoms with E-state index in [-0.39, 0.29) is 12.8 Å². The first-order valence-electron chi connectivity index (χ1n) is 2.55. The van der Waals surface area contributed by atoms with Crippen LogP contribution in [0.25, 0.3) is 0 Å². The highest BCUT2D eigenvalue weighted by Crippen LogP contribution is 2.11. The monoisotopic (exact) mass is 115 g/mol. The average Bonchev–Trinajstić information content (AvgIpc) is 2.14. The molecule has 3 nitrogen and oxygen atoms in total. The van der Waals surface area contributed by atoms with E-state index in [0.717, 1.165) is 6.42 Å². The van der Waals surface area contributed by atoms with Crippen molar-refractivity contribution in [3.8, 4) is 0 Å². The maximum Gasteiger partial charge on any atom is 0.150 e. The summed E-state index contributed by atoms with van der Waals surface area (Å²) in [4.78, 5) is 0. The van der Waals surface area contributed by atoms with Crippen LogP contribution in [0.1, 0.15) is 6.42 Å². The lowest BCUT2D eigenvalue weighted by Crippen LogP contribution is -2.18. The number of hydrogen-bond acceptors (Lipinski definition) is 3. The Balaban J connectivity index is 2.37. The summed E-state index contributed by atoms with van der Waals surface area (Å²) in [5.41, 5.74) is 5.32. The number of ether oxygens (including phenoxy) is 1. The molecular weight excluding hydrogens is 106 g/mol. The van der Waals surface area contributed by atoms with Crippen molar-refractivity contribution in [1.82, 2.24) is 0 Å². The van der Waals surface area contributed by atoms with Crippen molar-refractivity contribution in [1.29, 1.82) is 0 Å². The third kappa shape index (κ3) is 0.993. The molecule has 0 unspecified atom stereocenters. The minimum absolute atomic E-state index is 0.0340. The van der Waals surface area contributed by atoms with Crippen LogP contribution in [-0.2, 0) is 4.74 Å². The lowest BCUT2D eigenvalue weighted by molar-refractivity contribution is 0.118. The van der Waals surface area contributed by atoms with Gasteiger partial charge in [0.15, 0.2) is 6.23 Å². The molecule has 0 aromatic rings. The minimum Gasteiger partial charge on any atom is -0.477 e. The van der Waals surface area contributed by atoms with Gasteiger partial charge in [-0.05, 0) is 6.08 Å². The molecule has 0 saturated heterocycles. The quantitative estimate of drug-likeness (QED) is 0.487. The van der Waals surface area contributed by atoms with E-state index in [2.05, 4.69) is 0 Å². The molecule has 3 N–H and O–H groups in total. The second-order valence-electron chi connectivity index (χ2n) is 1.72. The summed E-state index contributed by atoms with van der Waals surface area (Å²) in [7, 11) is 0. The number of aliphatic hydroxyl groups excluding tert-OH is 1. The smallest absolute Gasteiger partial charge is 0.150 e. The fraction of sp³-hybridized carbons (Fsp3) is 0.600. The topological polar surface area (TPSA) is 55.5 Å². The van der Waals surface area contributed by atoms with Crippen LogP contribution in [0.5, 0.6) is 0 Å². The molecule has 0 aromatic carbocycles. The molecule has 0 fully saturated rings. The van der Waals surface area contributed by atoms with Crippen molar-refractivity contribution in [3.63, 3.8) is 0 Å². The van der Waals surface area contributed by atoms with Gasteiger partial charge in [0, 0.05) is 6.42 Å². The van der Waals surface area contributed by atoms with E-state index in [0.29, 0.717) is 5.76 Å². The fourth-order valence-corrected chi connectivity index (χ4v) is 0.640. The third-order valence-corrected chi connectivity index (χ3v) is 1.04. The predicted octanol–water partition coefficient (Wildman–Crippen LogP) is -0.432. The van der Waals surface area contributed by atoms with Crippen molar-refractivity contribution in [2.24, 2.45) is 5.73 Å². The van der Waals surface area contributed by atoms with E-state index < -0.39 is 0 Å². The third-order valence-electron chi connectivity index (χ3n) is 1.04. The standard InChI is InChI=1S/C5H9NO2/c6-5-2-1-4(3-7)8-5/h1,5,7H,2-3,6H2/t5-/m1/s1. The molecule has 0 aliphatic carbocycles. The van der Waals surface area contributed by atoms with Crippen LogP contribution in [0.3, 0.4) is 0 Å². The number of aliphatic hydroxyl groups is 1. The maximum atomic E-state index is 8.43. The van der Waals surface area contributed by atoms with Gasteiger partial charge in [0.05, 0.1) is 0 Å². The van der Waals surface area contributed by atoms with E-state index in [4.69, 9.17) is 15.6 Å². The normalized spacial score (nSPS) is 27.2. The van der Waals surface area contributed by atoms with Gasteiger partial charge in [0.25, 0.3) is 0 Å². The van der Waals surface area contributed by atoms with Gasteiger partial charge in [-0.3, -0.25) is 5.73 Å². The van der Waals surface area contributed by atoms with Crippen molar-refractivity contribution >= 4 is 0 Å². The largest absolute Gasteiger partial charge is 0.477 e. The van der Waals surface area contributed by atoms with Crippen molar-refractivity contribution in [2.45, 2.75) is 12.6 Å². The molecular formula is C5H9NO2. The van der Waals surface area contributed by atoms with Gasteiger partial charge in [-0.25, -0.2) is 0 Å². The molecule has 0 spiro atoms. The van der Waals surface area contributed by atoms with Gasteiger partial charge in [-0.2, -0.15) is 0 Å². The first-order chi connectivity index (χ1) is 3.83. The van der Waals surface area contributed by atoms with Crippen LogP contribution >= 0.6 is 0 Å². The van der Waals surface area contributed by atoms with Gasteiger partial charge in [0.1, 0.15) is 12.4 Å². The van der Waals surface area contributed by atoms with Crippen molar-refractivity contribution < 1.29 is 9.84 Å². The Bertz CT molecular complexity index is 111. The zero-order chi connectivity index (χ0) is 5.98. The van der Waals surface area contributed by atoms with Crippen LogP contribution in [0, 0.1) is 0 Å². The molecule has 0 bridgehead atoms. The van der Waals surface area contributed by atoms with Crippen LogP contribution < -0.4 is 5.73 Å². The summed E-state index contributed by atoms with van der Waals surface area (Å²) in [6.45, 7) is -0.0340. The Kier molecular flexibility index (Phi) is 1.50. The van der Waals surface area contributed by atoms with Crippen LogP contribution in [0.15, 0.2) is 11.8 Å². The van der Waals surface area contributed by atoms with E-state index in [1.807, 2.05) is 0 Å². The summed E-state index contributed by atoms with van der Waals surface area (Å²) in [6.07, 6.45) is 2.29. The summed E-state index contributed by atoms with van der Waals surface area (Å²) in [5, 5.41) is 8.43. The molecule has 0 radical (unpaired) electrons. The van der Waals surface area contributed by atoms with E-state index in [9.17, 15) is 0 Å². The highest BCUT2D eigenvalue weighted by Gasteiger charge is 2.11. The Labute approximate surface area is 47.8 Å². The highest BCUT2D eigenvalue weighted by molar-refractivity contribution is 4.99. The van der Waals surface area contributed by atoms with Gasteiger partial charge < -0.3 is 9.84 Å². The first kappa shape index (κ1) is 5.59. The second kappa shape index (κ2) is 2.15. The van der Waals surface area contributed by atoms with E-state index in [1.54, 1.807) is 6.08 Å². The molecule has 1 aliphatic heterocycles. The van der Waals surface area contributed by atoms with Crippen LogP contribution in [0.4, 0.5) is 0 Å². The van der Waals surface area contributed by atoms with Gasteiger partial charge in [-0.1, -0.05) is 0 Å². The molecule has 0 saturated carbocycles. The Morgan fingerprint density at radius 3 is 3.00 bits per heavy atom. The SMILES string of the molecule is N[C@H]1CC=C(CO)O1. The molecule has 1 rings (SSSR count). The predicted molar refractivity (Wildman–Crippen MR) is 28.8 cm³/mol. The first-order valence-corrected chi connectivity index (χ1v) is 2.55. The summed E-state index contributed by atoms with van der Waals surface area (Å²) < 4.78 is 4.90. The van der Waals surface area contributed by atoms with Crippen LogP contribution in [-0.4, -0.2) is 17.9 Å². The fourth-order valence-electron chi connectivity index (χ4n) is 0.640. The lowest BCUT2D eigenvalue weighted by Gasteiger charge is -2.03. The molecule has 8 heavy (non-hydrogen) atoms. The van der Waals surface area contributed by atoms with Crippen LogP contribution in [0.2, 0.25) is 0 Å². The number of hydrogen-bond donors (Lipinski definition) is 2. The molecule has 0 aromatic heterocycles. The molecule has 0 amide bonds. The number of nitrogens with two attached hydrogens (primary N) is 1. The van der Waals surface area contributed by atoms with Gasteiger partial charge in [-0.15, -0.1) is 0 Å². The minimum atomic E-state index is -0.225. The second-order valence-corrected chi connectivity index (χ2v) is 1.72. The summed E-state index contributed by atoms with van der Waals surface area (Å²) >= 11 is 0. The molecule has 1 aliphatic rings. The zero-order valence-electron chi connectivity index (χ0n) is 4.50.